The van der Waals surface area contributed by atoms with Crippen molar-refractivity contribution >= 4 is 40.2 Å². The molecule has 4 heterocycles. The third-order valence-corrected chi connectivity index (χ3v) is 9.95. The van der Waals surface area contributed by atoms with Gasteiger partial charge in [-0.15, -0.1) is 0 Å². The Labute approximate surface area is 267 Å². The van der Waals surface area contributed by atoms with Gasteiger partial charge in [-0.05, 0) is 54.8 Å². The number of imide groups is 1. The summed E-state index contributed by atoms with van der Waals surface area (Å²) in [5.41, 5.74) is 2.05. The number of piperidine rings is 1. The molecular formula is C31H35F3N8O3S. The molecule has 3 aromatic rings. The largest absolute Gasteiger partial charge is 0.419 e. The lowest BCUT2D eigenvalue weighted by Gasteiger charge is -2.36. The molecule has 15 heteroatoms. The van der Waals surface area contributed by atoms with E-state index in [0.29, 0.717) is 32.5 Å². The Hall–Kier alpha value is -4.08. The van der Waals surface area contributed by atoms with Gasteiger partial charge >= 0.3 is 12.2 Å². The molecule has 1 atom stereocenters. The van der Waals surface area contributed by atoms with E-state index < -0.39 is 28.8 Å². The first kappa shape index (κ1) is 31.9. The van der Waals surface area contributed by atoms with E-state index in [-0.39, 0.29) is 24.3 Å². The second-order valence-electron chi connectivity index (χ2n) is 11.6. The number of amides is 3. The smallest absolute Gasteiger partial charge is 0.369 e. The van der Waals surface area contributed by atoms with E-state index in [2.05, 4.69) is 36.5 Å². The van der Waals surface area contributed by atoms with E-state index in [9.17, 15) is 27.0 Å². The zero-order valence-corrected chi connectivity index (χ0v) is 25.9. The van der Waals surface area contributed by atoms with Crippen molar-refractivity contribution in [2.24, 2.45) is 0 Å². The van der Waals surface area contributed by atoms with Crippen LogP contribution in [0.25, 0.3) is 0 Å². The van der Waals surface area contributed by atoms with Crippen molar-refractivity contribution in [2.75, 3.05) is 60.9 Å². The van der Waals surface area contributed by atoms with Crippen LogP contribution in [-0.4, -0.2) is 87.2 Å². The fourth-order valence-corrected chi connectivity index (χ4v) is 7.16. The summed E-state index contributed by atoms with van der Waals surface area (Å²) in [6, 6.07) is 15.3. The molecular weight excluding hydrogens is 621 g/mol. The van der Waals surface area contributed by atoms with Gasteiger partial charge in [0, 0.05) is 88.6 Å². The summed E-state index contributed by atoms with van der Waals surface area (Å²) in [5, 5.41) is 5.45. The number of carbonyl (C=O) groups excluding carboxylic acids is 2. The van der Waals surface area contributed by atoms with Gasteiger partial charge in [-0.1, -0.05) is 12.1 Å². The summed E-state index contributed by atoms with van der Waals surface area (Å²) in [4.78, 5) is 38.2. The van der Waals surface area contributed by atoms with Crippen LogP contribution in [0.5, 0.6) is 0 Å². The highest BCUT2D eigenvalue weighted by molar-refractivity contribution is 7.82. The average Bonchev–Trinajstić information content (AvgIpc) is 3.05. The summed E-state index contributed by atoms with van der Waals surface area (Å²) >= 11 is 0. The first-order valence-electron chi connectivity index (χ1n) is 15.2. The van der Waals surface area contributed by atoms with Crippen molar-refractivity contribution in [3.05, 3.63) is 72.1 Å². The molecule has 3 aliphatic heterocycles. The third kappa shape index (κ3) is 7.65. The highest BCUT2D eigenvalue weighted by Gasteiger charge is 2.32. The second kappa shape index (κ2) is 13.7. The Morgan fingerprint density at radius 3 is 2.22 bits per heavy atom. The maximum absolute atomic E-state index is 13.4. The van der Waals surface area contributed by atoms with Crippen molar-refractivity contribution in [3.63, 3.8) is 0 Å². The van der Waals surface area contributed by atoms with Crippen LogP contribution >= 0.6 is 0 Å². The Morgan fingerprint density at radius 2 is 1.57 bits per heavy atom. The number of urea groups is 1. The number of hydrogen-bond donors (Lipinski definition) is 2. The number of halogens is 3. The number of aromatic nitrogens is 2. The van der Waals surface area contributed by atoms with E-state index in [1.807, 2.05) is 46.8 Å². The number of piperazine rings is 1. The molecule has 3 amide bonds. The topological polar surface area (TPSA) is 114 Å². The standard InChI is InChI=1S/C31H35F3N8O3S/c32-31(33,34)23-19-35-29(36-20-23)37-24-8-11-41(12-9-24)46(45)27-3-1-2-22(18-27)21-39-14-16-40(17-15-39)25-4-6-26(7-5-25)42-13-10-28(43)38-30(42)44/h1-7,18-20,24H,8-17,21H2,(H,35,36,37)(H,38,43,44). The van der Waals surface area contributed by atoms with E-state index in [0.717, 1.165) is 67.0 Å². The van der Waals surface area contributed by atoms with Gasteiger partial charge in [-0.2, -0.15) is 13.2 Å². The molecule has 3 aliphatic rings. The molecule has 0 aliphatic carbocycles. The molecule has 6 rings (SSSR count). The Balaban J connectivity index is 0.963. The van der Waals surface area contributed by atoms with Crippen LogP contribution in [0.2, 0.25) is 0 Å². The molecule has 3 saturated heterocycles. The quantitative estimate of drug-likeness (QED) is 0.376. The maximum Gasteiger partial charge on any atom is 0.419 e. The van der Waals surface area contributed by atoms with Crippen LogP contribution in [0.1, 0.15) is 30.4 Å². The lowest BCUT2D eigenvalue weighted by molar-refractivity contribution is -0.138. The molecule has 0 bridgehead atoms. The predicted molar refractivity (Wildman–Crippen MR) is 168 cm³/mol. The fraction of sp³-hybridized carbons (Fsp3) is 0.419. The number of alkyl halides is 3. The molecule has 2 aromatic carbocycles. The monoisotopic (exact) mass is 656 g/mol. The second-order valence-corrected chi connectivity index (χ2v) is 13.1. The van der Waals surface area contributed by atoms with Crippen LogP contribution in [0.4, 0.5) is 35.3 Å². The molecule has 2 N–H and O–H groups in total. The van der Waals surface area contributed by atoms with E-state index in [1.54, 1.807) is 4.90 Å². The SMILES string of the molecule is O=C1CCN(c2ccc(N3CCN(Cc4cccc(S(=O)N5CCC(Nc6ncc(C(F)(F)F)cn6)CC5)c4)CC3)cc2)C(=O)N1. The summed E-state index contributed by atoms with van der Waals surface area (Å²) < 4.78 is 53.7. The molecule has 1 aromatic heterocycles. The lowest BCUT2D eigenvalue weighted by atomic mass is 10.1. The summed E-state index contributed by atoms with van der Waals surface area (Å²) in [6.07, 6.45) is -1.31. The summed E-state index contributed by atoms with van der Waals surface area (Å²) in [6.45, 7) is 5.71. The lowest BCUT2D eigenvalue weighted by Crippen LogP contribution is -2.49. The van der Waals surface area contributed by atoms with Crippen molar-refractivity contribution in [3.8, 4) is 0 Å². The minimum absolute atomic E-state index is 0.0176. The number of rotatable bonds is 8. The van der Waals surface area contributed by atoms with Gasteiger partial charge in [0.05, 0.1) is 10.5 Å². The number of carbonyl (C=O) groups is 2. The van der Waals surface area contributed by atoms with Gasteiger partial charge in [-0.3, -0.25) is 19.9 Å². The normalized spacial score (nSPS) is 19.6. The van der Waals surface area contributed by atoms with Crippen molar-refractivity contribution in [1.29, 1.82) is 0 Å². The van der Waals surface area contributed by atoms with Gasteiger partial charge in [-0.25, -0.2) is 23.3 Å². The van der Waals surface area contributed by atoms with Crippen molar-refractivity contribution < 1.29 is 27.0 Å². The Kier molecular flexibility index (Phi) is 9.52. The van der Waals surface area contributed by atoms with Gasteiger partial charge in [0.2, 0.25) is 11.9 Å². The van der Waals surface area contributed by atoms with E-state index in [1.165, 1.54) is 0 Å². The third-order valence-electron chi connectivity index (χ3n) is 8.46. The molecule has 3 fully saturated rings. The number of nitrogens with zero attached hydrogens (tertiary/aromatic N) is 6. The zero-order chi connectivity index (χ0) is 32.3. The van der Waals surface area contributed by atoms with Gasteiger partial charge in [0.15, 0.2) is 0 Å². The molecule has 0 saturated carbocycles. The first-order valence-corrected chi connectivity index (χ1v) is 16.3. The van der Waals surface area contributed by atoms with Crippen LogP contribution in [0.3, 0.4) is 0 Å². The molecule has 46 heavy (non-hydrogen) atoms. The number of benzene rings is 2. The van der Waals surface area contributed by atoms with E-state index in [4.69, 9.17) is 0 Å². The maximum atomic E-state index is 13.4. The van der Waals surface area contributed by atoms with Gasteiger partial charge < -0.3 is 10.2 Å². The highest BCUT2D eigenvalue weighted by Crippen LogP contribution is 2.29. The van der Waals surface area contributed by atoms with Crippen LogP contribution < -0.4 is 20.4 Å². The summed E-state index contributed by atoms with van der Waals surface area (Å²) in [5.74, 6) is -0.0958. The first-order chi connectivity index (χ1) is 22.1. The van der Waals surface area contributed by atoms with Crippen LogP contribution in [-0.2, 0) is 28.5 Å². The molecule has 0 spiro atoms. The van der Waals surface area contributed by atoms with Crippen LogP contribution in [0.15, 0.2) is 65.8 Å². The molecule has 1 unspecified atom stereocenters. The highest BCUT2D eigenvalue weighted by atomic mass is 32.2. The van der Waals surface area contributed by atoms with E-state index >= 15 is 0 Å². The van der Waals surface area contributed by atoms with Crippen molar-refractivity contribution in [1.82, 2.24) is 24.5 Å². The molecule has 0 radical (unpaired) electrons. The molecule has 244 valence electrons. The fourth-order valence-electron chi connectivity index (χ4n) is 5.88. The summed E-state index contributed by atoms with van der Waals surface area (Å²) in [7, 11) is -1.32. The number of anilines is 3. The Morgan fingerprint density at radius 1 is 0.891 bits per heavy atom. The average molecular weight is 657 g/mol. The van der Waals surface area contributed by atoms with Crippen LogP contribution in [0, 0.1) is 0 Å². The zero-order valence-electron chi connectivity index (χ0n) is 25.1. The number of hydrogen-bond acceptors (Lipinski definition) is 8. The van der Waals surface area contributed by atoms with Crippen molar-refractivity contribution in [2.45, 2.75) is 42.9 Å². The number of nitrogens with one attached hydrogen (secondary N) is 2. The minimum Gasteiger partial charge on any atom is -0.369 e. The predicted octanol–water partition coefficient (Wildman–Crippen LogP) is 3.86. The van der Waals surface area contributed by atoms with Gasteiger partial charge in [0.1, 0.15) is 11.0 Å². The minimum atomic E-state index is -4.48. The Bertz CT molecular complexity index is 1560. The molecule has 11 nitrogen and oxygen atoms in total. The van der Waals surface area contributed by atoms with Gasteiger partial charge in [0.25, 0.3) is 0 Å².